The van der Waals surface area contributed by atoms with Crippen molar-refractivity contribution in [2.45, 2.75) is 11.8 Å². The zero-order valence-corrected chi connectivity index (χ0v) is 17.3. The summed E-state index contributed by atoms with van der Waals surface area (Å²) in [6, 6.07) is 17.1. The van der Waals surface area contributed by atoms with Gasteiger partial charge in [-0.05, 0) is 60.7 Å². The first kappa shape index (κ1) is 19.9. The first-order valence-corrected chi connectivity index (χ1v) is 10.7. The molecule has 30 heavy (non-hydrogen) atoms. The molecule has 0 radical (unpaired) electrons. The highest BCUT2D eigenvalue weighted by Crippen LogP contribution is 2.22. The van der Waals surface area contributed by atoms with Crippen molar-refractivity contribution in [2.75, 3.05) is 10.0 Å². The minimum absolute atomic E-state index is 0.0346. The molecule has 0 unspecified atom stereocenters. The van der Waals surface area contributed by atoms with E-state index in [-0.39, 0.29) is 10.5 Å². The van der Waals surface area contributed by atoms with E-state index in [1.54, 1.807) is 49.4 Å². The van der Waals surface area contributed by atoms with E-state index in [0.29, 0.717) is 33.4 Å². The van der Waals surface area contributed by atoms with Crippen molar-refractivity contribution >= 4 is 50.0 Å². The molecule has 0 saturated heterocycles. The van der Waals surface area contributed by atoms with Crippen LogP contribution >= 0.6 is 11.6 Å². The Hall–Kier alpha value is -3.36. The van der Waals surface area contributed by atoms with Gasteiger partial charge in [0.1, 0.15) is 5.52 Å². The third-order valence-corrected chi connectivity index (χ3v) is 5.89. The summed E-state index contributed by atoms with van der Waals surface area (Å²) < 4.78 is 33.2. The minimum Gasteiger partial charge on any atom is -0.441 e. The van der Waals surface area contributed by atoms with Gasteiger partial charge in [-0.2, -0.15) is 0 Å². The molecule has 0 aliphatic heterocycles. The van der Waals surface area contributed by atoms with Gasteiger partial charge >= 0.3 is 0 Å². The van der Waals surface area contributed by atoms with Crippen molar-refractivity contribution in [3.8, 4) is 0 Å². The van der Waals surface area contributed by atoms with E-state index < -0.39 is 15.9 Å². The van der Waals surface area contributed by atoms with Crippen LogP contribution in [0.2, 0.25) is 5.02 Å². The van der Waals surface area contributed by atoms with Crippen LogP contribution in [0.15, 0.2) is 76.0 Å². The lowest BCUT2D eigenvalue weighted by Crippen LogP contribution is -2.16. The maximum absolute atomic E-state index is 12.7. The monoisotopic (exact) mass is 441 g/mol. The number of hydrogen-bond acceptors (Lipinski definition) is 5. The van der Waals surface area contributed by atoms with Gasteiger partial charge in [-0.3, -0.25) is 9.52 Å². The van der Waals surface area contributed by atoms with Gasteiger partial charge in [0.15, 0.2) is 11.5 Å². The number of fused-ring (bicyclic) bond motifs is 1. The lowest BCUT2D eigenvalue weighted by molar-refractivity contribution is 0.102. The molecular weight excluding hydrogens is 426 g/mol. The van der Waals surface area contributed by atoms with Crippen molar-refractivity contribution in [3.05, 3.63) is 83.2 Å². The molecule has 0 bridgehead atoms. The predicted octanol–water partition coefficient (Wildman–Crippen LogP) is 4.84. The van der Waals surface area contributed by atoms with E-state index in [9.17, 15) is 13.2 Å². The smallest absolute Gasteiger partial charge is 0.261 e. The van der Waals surface area contributed by atoms with Crippen LogP contribution in [0.25, 0.3) is 11.1 Å². The average molecular weight is 442 g/mol. The highest BCUT2D eigenvalue weighted by Gasteiger charge is 2.17. The summed E-state index contributed by atoms with van der Waals surface area (Å²) in [5.41, 5.74) is 2.32. The minimum atomic E-state index is -3.88. The molecule has 0 atom stereocenters. The number of halogens is 1. The normalized spacial score (nSPS) is 11.4. The maximum atomic E-state index is 12.7. The van der Waals surface area contributed by atoms with Gasteiger partial charge in [-0.25, -0.2) is 13.4 Å². The molecule has 152 valence electrons. The molecule has 7 nitrogen and oxygen atoms in total. The van der Waals surface area contributed by atoms with Crippen LogP contribution in [0.3, 0.4) is 0 Å². The number of carbonyl (C=O) groups excluding carboxylic acids is 1. The second-order valence-corrected chi connectivity index (χ2v) is 8.63. The quantitative estimate of drug-likeness (QED) is 0.461. The Balaban J connectivity index is 1.55. The molecule has 2 N–H and O–H groups in total. The molecule has 3 aromatic carbocycles. The molecule has 9 heteroatoms. The number of aromatic nitrogens is 1. The van der Waals surface area contributed by atoms with Crippen LogP contribution in [0.1, 0.15) is 16.2 Å². The van der Waals surface area contributed by atoms with Crippen LogP contribution in [0.5, 0.6) is 0 Å². The number of anilines is 2. The molecule has 0 aliphatic carbocycles. The topological polar surface area (TPSA) is 101 Å². The fourth-order valence-electron chi connectivity index (χ4n) is 2.86. The van der Waals surface area contributed by atoms with Crippen molar-refractivity contribution in [2.24, 2.45) is 0 Å². The SMILES string of the molecule is Cc1nc2cc(NC(=O)c3cccc(S(=O)(=O)Nc4ccc(Cl)cc4)c3)ccc2o1. The first-order chi connectivity index (χ1) is 14.3. The number of benzene rings is 3. The zero-order chi connectivity index (χ0) is 21.3. The Labute approximate surface area is 177 Å². The number of aryl methyl sites for hydroxylation is 1. The summed E-state index contributed by atoms with van der Waals surface area (Å²) in [6.07, 6.45) is 0. The van der Waals surface area contributed by atoms with Crippen LogP contribution in [0.4, 0.5) is 11.4 Å². The van der Waals surface area contributed by atoms with E-state index in [1.165, 1.54) is 24.3 Å². The fourth-order valence-corrected chi connectivity index (χ4v) is 4.09. The summed E-state index contributed by atoms with van der Waals surface area (Å²) in [4.78, 5) is 16.8. The number of hydrogen-bond donors (Lipinski definition) is 2. The number of rotatable bonds is 5. The van der Waals surface area contributed by atoms with E-state index in [4.69, 9.17) is 16.0 Å². The van der Waals surface area contributed by atoms with Gasteiger partial charge in [0, 0.05) is 28.9 Å². The Bertz CT molecular complexity index is 1350. The van der Waals surface area contributed by atoms with Gasteiger partial charge in [-0.1, -0.05) is 17.7 Å². The van der Waals surface area contributed by atoms with Crippen LogP contribution < -0.4 is 10.0 Å². The molecule has 0 spiro atoms. The lowest BCUT2D eigenvalue weighted by atomic mass is 10.2. The molecule has 0 fully saturated rings. The van der Waals surface area contributed by atoms with Crippen molar-refractivity contribution in [1.82, 2.24) is 4.98 Å². The average Bonchev–Trinajstić information content (AvgIpc) is 3.09. The highest BCUT2D eigenvalue weighted by molar-refractivity contribution is 7.92. The van der Waals surface area contributed by atoms with E-state index in [0.717, 1.165) is 0 Å². The van der Waals surface area contributed by atoms with Crippen molar-refractivity contribution in [3.63, 3.8) is 0 Å². The number of amides is 1. The fraction of sp³-hybridized carbons (Fsp3) is 0.0476. The summed E-state index contributed by atoms with van der Waals surface area (Å²) in [7, 11) is -3.88. The van der Waals surface area contributed by atoms with E-state index in [2.05, 4.69) is 15.0 Å². The molecule has 4 rings (SSSR count). The van der Waals surface area contributed by atoms with E-state index >= 15 is 0 Å². The Morgan fingerprint density at radius 2 is 1.73 bits per heavy atom. The van der Waals surface area contributed by atoms with Crippen LogP contribution in [-0.4, -0.2) is 19.3 Å². The second kappa shape index (κ2) is 7.81. The standard InChI is InChI=1S/C21H16ClN3O4S/c1-13-23-19-12-17(9-10-20(19)29-13)24-21(26)14-3-2-4-18(11-14)30(27,28)25-16-7-5-15(22)6-8-16/h2-12,25H,1H3,(H,24,26). The van der Waals surface area contributed by atoms with Crippen LogP contribution in [0, 0.1) is 6.92 Å². The van der Waals surface area contributed by atoms with Gasteiger partial charge in [0.25, 0.3) is 15.9 Å². The van der Waals surface area contributed by atoms with Crippen molar-refractivity contribution in [1.29, 1.82) is 0 Å². The van der Waals surface area contributed by atoms with Gasteiger partial charge in [-0.15, -0.1) is 0 Å². The molecule has 0 aliphatic rings. The zero-order valence-electron chi connectivity index (χ0n) is 15.7. The van der Waals surface area contributed by atoms with Gasteiger partial charge < -0.3 is 9.73 Å². The third kappa shape index (κ3) is 4.29. The lowest BCUT2D eigenvalue weighted by Gasteiger charge is -2.10. The Morgan fingerprint density at radius 1 is 1.00 bits per heavy atom. The first-order valence-electron chi connectivity index (χ1n) is 8.87. The van der Waals surface area contributed by atoms with Gasteiger partial charge in [0.05, 0.1) is 4.90 Å². The summed E-state index contributed by atoms with van der Waals surface area (Å²) >= 11 is 5.82. The number of nitrogens with zero attached hydrogens (tertiary/aromatic N) is 1. The number of oxazole rings is 1. The number of nitrogens with one attached hydrogen (secondary N) is 2. The van der Waals surface area contributed by atoms with E-state index in [1.807, 2.05) is 0 Å². The number of carbonyl (C=O) groups is 1. The molecule has 0 saturated carbocycles. The largest absolute Gasteiger partial charge is 0.441 e. The number of sulfonamides is 1. The molecule has 1 heterocycles. The van der Waals surface area contributed by atoms with Crippen LogP contribution in [-0.2, 0) is 10.0 Å². The Kier molecular flexibility index (Phi) is 5.19. The van der Waals surface area contributed by atoms with Crippen molar-refractivity contribution < 1.29 is 17.6 Å². The van der Waals surface area contributed by atoms with Gasteiger partial charge in [0.2, 0.25) is 0 Å². The Morgan fingerprint density at radius 3 is 2.50 bits per heavy atom. The predicted molar refractivity (Wildman–Crippen MR) is 115 cm³/mol. The molecule has 1 aromatic heterocycles. The molecular formula is C21H16ClN3O4S. The highest BCUT2D eigenvalue weighted by atomic mass is 35.5. The second-order valence-electron chi connectivity index (χ2n) is 6.51. The maximum Gasteiger partial charge on any atom is 0.261 e. The summed E-state index contributed by atoms with van der Waals surface area (Å²) in [6.45, 7) is 1.74. The molecule has 1 amide bonds. The third-order valence-electron chi connectivity index (χ3n) is 4.26. The summed E-state index contributed by atoms with van der Waals surface area (Å²) in [5.74, 6) is 0.0812. The summed E-state index contributed by atoms with van der Waals surface area (Å²) in [5, 5.41) is 3.24. The molecule has 4 aromatic rings.